The van der Waals surface area contributed by atoms with E-state index >= 15 is 0 Å². The topological polar surface area (TPSA) is 30.5 Å². The molecule has 1 heterocycles. The maximum Gasteiger partial charge on any atom is 0.165 e. The van der Waals surface area contributed by atoms with Crippen molar-refractivity contribution in [3.63, 3.8) is 0 Å². The smallest absolute Gasteiger partial charge is 0.165 e. The van der Waals surface area contributed by atoms with Crippen LogP contribution in [0.5, 0.6) is 0 Å². The SMILES string of the molecule is COC(CSCC1CNC1)OC. The second-order valence-electron chi connectivity index (χ2n) is 2.96. The fourth-order valence-electron chi connectivity index (χ4n) is 1.03. The molecule has 0 saturated carbocycles. The van der Waals surface area contributed by atoms with E-state index < -0.39 is 0 Å². The van der Waals surface area contributed by atoms with Crippen LogP contribution in [0, 0.1) is 5.92 Å². The highest BCUT2D eigenvalue weighted by atomic mass is 32.2. The number of methoxy groups -OCH3 is 2. The van der Waals surface area contributed by atoms with Gasteiger partial charge in [0, 0.05) is 20.0 Å². The van der Waals surface area contributed by atoms with Crippen LogP contribution in [0.25, 0.3) is 0 Å². The predicted octanol–water partition coefficient (Wildman–Crippen LogP) is 0.558. The molecule has 0 amide bonds. The summed E-state index contributed by atoms with van der Waals surface area (Å²) in [6, 6.07) is 0. The quantitative estimate of drug-likeness (QED) is 0.621. The van der Waals surface area contributed by atoms with E-state index in [9.17, 15) is 0 Å². The van der Waals surface area contributed by atoms with Gasteiger partial charge in [-0.2, -0.15) is 11.8 Å². The third-order valence-corrected chi connectivity index (χ3v) is 3.21. The summed E-state index contributed by atoms with van der Waals surface area (Å²) < 4.78 is 10.1. The van der Waals surface area contributed by atoms with Crippen LogP contribution in [0.3, 0.4) is 0 Å². The minimum absolute atomic E-state index is 0.0389. The summed E-state index contributed by atoms with van der Waals surface area (Å²) >= 11 is 1.90. The zero-order valence-corrected chi connectivity index (χ0v) is 8.52. The Labute approximate surface area is 78.2 Å². The lowest BCUT2D eigenvalue weighted by Gasteiger charge is -2.27. The van der Waals surface area contributed by atoms with Crippen LogP contribution in [0.1, 0.15) is 0 Å². The highest BCUT2D eigenvalue weighted by molar-refractivity contribution is 7.99. The van der Waals surface area contributed by atoms with E-state index in [1.165, 1.54) is 18.8 Å². The van der Waals surface area contributed by atoms with Crippen LogP contribution in [0.4, 0.5) is 0 Å². The van der Waals surface area contributed by atoms with Gasteiger partial charge in [-0.1, -0.05) is 0 Å². The monoisotopic (exact) mass is 191 g/mol. The maximum atomic E-state index is 5.07. The molecule has 1 aliphatic rings. The largest absolute Gasteiger partial charge is 0.355 e. The first-order valence-corrected chi connectivity index (χ1v) is 5.36. The lowest BCUT2D eigenvalue weighted by atomic mass is 10.1. The van der Waals surface area contributed by atoms with Gasteiger partial charge in [0.05, 0.1) is 0 Å². The predicted molar refractivity (Wildman–Crippen MR) is 51.5 cm³/mol. The molecule has 3 nitrogen and oxygen atoms in total. The molecule has 12 heavy (non-hydrogen) atoms. The van der Waals surface area contributed by atoms with Crippen molar-refractivity contribution in [2.75, 3.05) is 38.8 Å². The molecule has 1 saturated heterocycles. The van der Waals surface area contributed by atoms with Gasteiger partial charge >= 0.3 is 0 Å². The van der Waals surface area contributed by atoms with E-state index in [4.69, 9.17) is 9.47 Å². The molecular weight excluding hydrogens is 174 g/mol. The third kappa shape index (κ3) is 3.31. The summed E-state index contributed by atoms with van der Waals surface area (Å²) in [5.41, 5.74) is 0. The number of hydrogen-bond donors (Lipinski definition) is 1. The van der Waals surface area contributed by atoms with Gasteiger partial charge in [0.15, 0.2) is 6.29 Å². The van der Waals surface area contributed by atoms with Gasteiger partial charge < -0.3 is 14.8 Å². The molecule has 0 aliphatic carbocycles. The Morgan fingerprint density at radius 2 is 2.08 bits per heavy atom. The van der Waals surface area contributed by atoms with Crippen molar-refractivity contribution < 1.29 is 9.47 Å². The number of rotatable bonds is 6. The average molecular weight is 191 g/mol. The Balaban J connectivity index is 1.92. The third-order valence-electron chi connectivity index (χ3n) is 2.00. The molecule has 1 fully saturated rings. The van der Waals surface area contributed by atoms with Crippen LogP contribution >= 0.6 is 11.8 Å². The molecule has 1 rings (SSSR count). The standard InChI is InChI=1S/C8H17NO2S/c1-10-8(11-2)6-12-5-7-3-9-4-7/h7-9H,3-6H2,1-2H3. The van der Waals surface area contributed by atoms with E-state index in [0.717, 1.165) is 11.7 Å². The zero-order valence-electron chi connectivity index (χ0n) is 7.71. The molecule has 1 aliphatic heterocycles. The summed E-state index contributed by atoms with van der Waals surface area (Å²) in [5.74, 6) is 3.02. The van der Waals surface area contributed by atoms with Crippen LogP contribution < -0.4 is 5.32 Å². The number of thioether (sulfide) groups is 1. The summed E-state index contributed by atoms with van der Waals surface area (Å²) in [4.78, 5) is 0. The minimum Gasteiger partial charge on any atom is -0.355 e. The van der Waals surface area contributed by atoms with Crippen LogP contribution in [0.2, 0.25) is 0 Å². The second kappa shape index (κ2) is 5.80. The molecule has 0 unspecified atom stereocenters. The molecule has 0 bridgehead atoms. The first-order valence-electron chi connectivity index (χ1n) is 4.21. The Morgan fingerprint density at radius 1 is 1.42 bits per heavy atom. The molecule has 0 aromatic carbocycles. The Hall–Kier alpha value is 0.230. The van der Waals surface area contributed by atoms with Gasteiger partial charge in [-0.3, -0.25) is 0 Å². The van der Waals surface area contributed by atoms with Crippen molar-refractivity contribution in [2.45, 2.75) is 6.29 Å². The first-order chi connectivity index (χ1) is 5.86. The molecule has 0 aromatic rings. The maximum absolute atomic E-state index is 5.07. The fraction of sp³-hybridized carbons (Fsp3) is 1.00. The lowest BCUT2D eigenvalue weighted by Crippen LogP contribution is -2.43. The van der Waals surface area contributed by atoms with Gasteiger partial charge in [0.1, 0.15) is 0 Å². The zero-order chi connectivity index (χ0) is 8.81. The summed E-state index contributed by atoms with van der Waals surface area (Å²) in [5, 5.41) is 3.25. The molecule has 72 valence electrons. The van der Waals surface area contributed by atoms with E-state index in [1.54, 1.807) is 14.2 Å². The first kappa shape index (κ1) is 10.3. The Morgan fingerprint density at radius 3 is 2.50 bits per heavy atom. The van der Waals surface area contributed by atoms with Crippen molar-refractivity contribution in [3.8, 4) is 0 Å². The second-order valence-corrected chi connectivity index (χ2v) is 4.04. The van der Waals surface area contributed by atoms with Gasteiger partial charge in [0.2, 0.25) is 0 Å². The van der Waals surface area contributed by atoms with E-state index in [-0.39, 0.29) is 6.29 Å². The average Bonchev–Trinajstić information content (AvgIpc) is 2.02. The number of nitrogens with one attached hydrogen (secondary N) is 1. The number of ether oxygens (including phenoxy) is 2. The molecule has 0 radical (unpaired) electrons. The van der Waals surface area contributed by atoms with E-state index in [1.807, 2.05) is 11.8 Å². The van der Waals surface area contributed by atoms with Crippen molar-refractivity contribution in [1.82, 2.24) is 5.32 Å². The van der Waals surface area contributed by atoms with Crippen molar-refractivity contribution in [1.29, 1.82) is 0 Å². The summed E-state index contributed by atoms with van der Waals surface area (Å²) in [7, 11) is 3.36. The van der Waals surface area contributed by atoms with Crippen LogP contribution in [0.15, 0.2) is 0 Å². The van der Waals surface area contributed by atoms with E-state index in [2.05, 4.69) is 5.32 Å². The number of hydrogen-bond acceptors (Lipinski definition) is 4. The molecule has 0 spiro atoms. The van der Waals surface area contributed by atoms with Crippen molar-refractivity contribution in [2.24, 2.45) is 5.92 Å². The summed E-state index contributed by atoms with van der Waals surface area (Å²) in [6.45, 7) is 2.36. The van der Waals surface area contributed by atoms with Crippen molar-refractivity contribution in [3.05, 3.63) is 0 Å². The van der Waals surface area contributed by atoms with Crippen LogP contribution in [-0.4, -0.2) is 45.1 Å². The highest BCUT2D eigenvalue weighted by Gasteiger charge is 2.16. The molecule has 1 N–H and O–H groups in total. The minimum atomic E-state index is -0.0389. The van der Waals surface area contributed by atoms with E-state index in [0.29, 0.717) is 0 Å². The molecule has 4 heteroatoms. The molecular formula is C8H17NO2S. The van der Waals surface area contributed by atoms with Crippen LogP contribution in [-0.2, 0) is 9.47 Å². The Bertz CT molecular complexity index is 116. The van der Waals surface area contributed by atoms with Gasteiger partial charge in [-0.25, -0.2) is 0 Å². The molecule has 0 aromatic heterocycles. The van der Waals surface area contributed by atoms with Gasteiger partial charge in [-0.15, -0.1) is 0 Å². The van der Waals surface area contributed by atoms with Crippen molar-refractivity contribution >= 4 is 11.8 Å². The fourth-order valence-corrected chi connectivity index (χ4v) is 2.20. The van der Waals surface area contributed by atoms with Gasteiger partial charge in [-0.05, 0) is 24.8 Å². The normalized spacial score (nSPS) is 18.2. The lowest BCUT2D eigenvalue weighted by molar-refractivity contribution is -0.0842. The summed E-state index contributed by atoms with van der Waals surface area (Å²) in [6.07, 6.45) is -0.0389. The van der Waals surface area contributed by atoms with Gasteiger partial charge in [0.25, 0.3) is 0 Å². The molecule has 0 atom stereocenters. The Kier molecular flexibility index (Phi) is 4.99. The highest BCUT2D eigenvalue weighted by Crippen LogP contribution is 2.14.